The summed E-state index contributed by atoms with van der Waals surface area (Å²) in [5.74, 6) is 0.707. The number of morpholine rings is 1. The highest BCUT2D eigenvalue weighted by atomic mass is 16.5. The first-order valence-electron chi connectivity index (χ1n) is 8.61. The molecule has 1 fully saturated rings. The van der Waals surface area contributed by atoms with E-state index in [1.165, 1.54) is 0 Å². The molecule has 2 aromatic heterocycles. The van der Waals surface area contributed by atoms with Crippen LogP contribution in [0.2, 0.25) is 0 Å². The van der Waals surface area contributed by atoms with E-state index in [9.17, 15) is 4.79 Å². The van der Waals surface area contributed by atoms with Gasteiger partial charge in [-0.05, 0) is 47.0 Å². The van der Waals surface area contributed by atoms with Gasteiger partial charge < -0.3 is 9.15 Å². The second-order valence-electron chi connectivity index (χ2n) is 6.80. The number of aryl methyl sites for hydroxylation is 3. The van der Waals surface area contributed by atoms with Crippen LogP contribution in [-0.4, -0.2) is 44.8 Å². The number of fused-ring (bicyclic) bond motifs is 1. The number of ether oxygens (including phenoxy) is 1. The number of aromatic nitrogens is 4. The third-order valence-corrected chi connectivity index (χ3v) is 4.75. The van der Waals surface area contributed by atoms with Crippen LogP contribution in [0.3, 0.4) is 0 Å². The van der Waals surface area contributed by atoms with Crippen LogP contribution in [0.25, 0.3) is 11.0 Å². The molecule has 0 N–H and O–H groups in total. The third-order valence-electron chi connectivity index (χ3n) is 4.75. The Balaban J connectivity index is 1.65. The Kier molecular flexibility index (Phi) is 4.29. The second-order valence-corrected chi connectivity index (χ2v) is 6.80. The molecule has 1 aromatic carbocycles. The van der Waals surface area contributed by atoms with E-state index in [4.69, 9.17) is 9.15 Å². The molecular weight excluding hydrogens is 334 g/mol. The van der Waals surface area contributed by atoms with Gasteiger partial charge in [0.25, 0.3) is 0 Å². The summed E-state index contributed by atoms with van der Waals surface area (Å²) in [6.45, 7) is 6.71. The normalized spacial score (nSPS) is 18.5. The number of nitrogens with zero attached hydrogens (tertiary/aromatic N) is 5. The molecule has 1 unspecified atom stereocenters. The molecule has 1 atom stereocenters. The monoisotopic (exact) mass is 355 g/mol. The Morgan fingerprint density at radius 1 is 1.27 bits per heavy atom. The van der Waals surface area contributed by atoms with E-state index in [1.807, 2.05) is 19.9 Å². The number of hydrogen-bond donors (Lipinski definition) is 0. The molecule has 3 aromatic rings. The van der Waals surface area contributed by atoms with E-state index in [1.54, 1.807) is 17.8 Å². The average molecular weight is 355 g/mol. The lowest BCUT2D eigenvalue weighted by molar-refractivity contribution is -0.0388. The van der Waals surface area contributed by atoms with Crippen molar-refractivity contribution in [1.29, 1.82) is 0 Å². The number of benzene rings is 1. The summed E-state index contributed by atoms with van der Waals surface area (Å²) >= 11 is 0. The summed E-state index contributed by atoms with van der Waals surface area (Å²) < 4.78 is 12.9. The van der Waals surface area contributed by atoms with Crippen molar-refractivity contribution >= 4 is 11.0 Å². The maximum absolute atomic E-state index is 12.0. The third kappa shape index (κ3) is 3.13. The van der Waals surface area contributed by atoms with Crippen molar-refractivity contribution in [2.45, 2.75) is 26.5 Å². The van der Waals surface area contributed by atoms with Crippen molar-refractivity contribution in [3.8, 4) is 0 Å². The van der Waals surface area contributed by atoms with Crippen molar-refractivity contribution in [1.82, 2.24) is 25.1 Å². The molecule has 0 radical (unpaired) electrons. The predicted molar refractivity (Wildman–Crippen MR) is 94.7 cm³/mol. The van der Waals surface area contributed by atoms with E-state index in [-0.39, 0.29) is 11.7 Å². The van der Waals surface area contributed by atoms with Crippen molar-refractivity contribution < 1.29 is 9.15 Å². The molecule has 0 aliphatic carbocycles. The molecule has 1 saturated heterocycles. The van der Waals surface area contributed by atoms with Gasteiger partial charge in [0.15, 0.2) is 5.82 Å². The first kappa shape index (κ1) is 16.9. The first-order valence-corrected chi connectivity index (χ1v) is 8.61. The molecule has 136 valence electrons. The van der Waals surface area contributed by atoms with Crippen LogP contribution in [0.15, 0.2) is 27.4 Å². The minimum atomic E-state index is -0.318. The van der Waals surface area contributed by atoms with Crippen LogP contribution in [0, 0.1) is 13.8 Å². The minimum Gasteiger partial charge on any atom is -0.422 e. The van der Waals surface area contributed by atoms with Gasteiger partial charge in [-0.3, -0.25) is 4.90 Å². The fourth-order valence-corrected chi connectivity index (χ4v) is 3.56. The summed E-state index contributed by atoms with van der Waals surface area (Å²) in [5, 5.41) is 12.6. The van der Waals surface area contributed by atoms with Gasteiger partial charge >= 0.3 is 5.63 Å². The zero-order valence-corrected chi connectivity index (χ0v) is 15.1. The van der Waals surface area contributed by atoms with Crippen molar-refractivity contribution in [3.05, 3.63) is 51.1 Å². The second kappa shape index (κ2) is 6.62. The maximum atomic E-state index is 12.0. The highest BCUT2D eigenvalue weighted by molar-refractivity contribution is 5.83. The van der Waals surface area contributed by atoms with E-state index < -0.39 is 0 Å². The summed E-state index contributed by atoms with van der Waals surface area (Å²) in [7, 11) is 1.80. The predicted octanol–water partition coefficient (Wildman–Crippen LogP) is 1.51. The van der Waals surface area contributed by atoms with Gasteiger partial charge in [-0.25, -0.2) is 9.48 Å². The molecule has 1 aliphatic rings. The summed E-state index contributed by atoms with van der Waals surface area (Å²) in [4.78, 5) is 14.3. The molecule has 8 nitrogen and oxygen atoms in total. The lowest BCUT2D eigenvalue weighted by Gasteiger charge is -2.32. The van der Waals surface area contributed by atoms with E-state index in [0.717, 1.165) is 28.6 Å². The van der Waals surface area contributed by atoms with Crippen LogP contribution in [0.4, 0.5) is 0 Å². The van der Waals surface area contributed by atoms with Crippen LogP contribution in [-0.2, 0) is 18.3 Å². The Morgan fingerprint density at radius 2 is 2.12 bits per heavy atom. The molecule has 4 rings (SSSR count). The van der Waals surface area contributed by atoms with Gasteiger partial charge in [-0.15, -0.1) is 5.10 Å². The summed E-state index contributed by atoms with van der Waals surface area (Å²) in [6.07, 6.45) is -0.182. The maximum Gasteiger partial charge on any atom is 0.336 e. The van der Waals surface area contributed by atoms with E-state index in [2.05, 4.69) is 26.5 Å². The van der Waals surface area contributed by atoms with Crippen LogP contribution >= 0.6 is 0 Å². The van der Waals surface area contributed by atoms with Gasteiger partial charge in [0.2, 0.25) is 0 Å². The lowest BCUT2D eigenvalue weighted by atomic mass is 10.0. The zero-order valence-electron chi connectivity index (χ0n) is 15.1. The molecule has 0 saturated carbocycles. The summed E-state index contributed by atoms with van der Waals surface area (Å²) in [5.41, 5.74) is 3.45. The minimum absolute atomic E-state index is 0.182. The Hall–Kier alpha value is -2.58. The van der Waals surface area contributed by atoms with Gasteiger partial charge in [-0.2, -0.15) is 0 Å². The van der Waals surface area contributed by atoms with Crippen LogP contribution in [0.1, 0.15) is 28.6 Å². The molecule has 8 heteroatoms. The largest absolute Gasteiger partial charge is 0.422 e. The highest BCUT2D eigenvalue weighted by Gasteiger charge is 2.26. The van der Waals surface area contributed by atoms with Gasteiger partial charge in [-0.1, -0.05) is 6.07 Å². The van der Waals surface area contributed by atoms with Crippen molar-refractivity contribution in [2.75, 3.05) is 19.7 Å². The van der Waals surface area contributed by atoms with E-state index >= 15 is 0 Å². The number of tetrazole rings is 1. The molecule has 1 aliphatic heterocycles. The Labute approximate surface area is 150 Å². The smallest absolute Gasteiger partial charge is 0.336 e. The van der Waals surface area contributed by atoms with E-state index in [0.29, 0.717) is 31.1 Å². The van der Waals surface area contributed by atoms with Gasteiger partial charge in [0.1, 0.15) is 11.7 Å². The molecule has 0 amide bonds. The number of rotatable bonds is 3. The Bertz CT molecular complexity index is 1010. The molecule has 3 heterocycles. The zero-order chi connectivity index (χ0) is 18.3. The average Bonchev–Trinajstić information content (AvgIpc) is 3.02. The van der Waals surface area contributed by atoms with Gasteiger partial charge in [0, 0.05) is 38.1 Å². The highest BCUT2D eigenvalue weighted by Crippen LogP contribution is 2.26. The van der Waals surface area contributed by atoms with Gasteiger partial charge in [0.05, 0.1) is 6.61 Å². The molecular formula is C18H21N5O3. The SMILES string of the molecule is Cc1cc(C)c2oc(=O)cc(CN3CCOC(c4nnnn4C)C3)c2c1. The Morgan fingerprint density at radius 3 is 2.88 bits per heavy atom. The topological polar surface area (TPSA) is 86.3 Å². The lowest BCUT2D eigenvalue weighted by Crippen LogP contribution is -2.38. The van der Waals surface area contributed by atoms with Crippen molar-refractivity contribution in [3.63, 3.8) is 0 Å². The fraction of sp³-hybridized carbons (Fsp3) is 0.444. The quantitative estimate of drug-likeness (QED) is 0.658. The standard InChI is InChI=1S/C18H21N5O3/c1-11-6-12(2)17-14(7-11)13(8-16(24)26-17)9-23-4-5-25-15(10-23)18-19-20-21-22(18)3/h6-8,15H,4-5,9-10H2,1-3H3. The summed E-state index contributed by atoms with van der Waals surface area (Å²) in [6, 6.07) is 5.70. The number of hydrogen-bond acceptors (Lipinski definition) is 7. The molecule has 0 spiro atoms. The molecule has 0 bridgehead atoms. The molecule has 26 heavy (non-hydrogen) atoms. The van der Waals surface area contributed by atoms with Crippen molar-refractivity contribution in [2.24, 2.45) is 7.05 Å². The fourth-order valence-electron chi connectivity index (χ4n) is 3.56. The van der Waals surface area contributed by atoms with Crippen LogP contribution in [0.5, 0.6) is 0 Å². The first-order chi connectivity index (χ1) is 12.5. The van der Waals surface area contributed by atoms with Crippen LogP contribution < -0.4 is 5.63 Å².